The first-order valence-corrected chi connectivity index (χ1v) is 9.53. The van der Waals surface area contributed by atoms with Gasteiger partial charge in [-0.05, 0) is 48.4 Å². The third-order valence-electron chi connectivity index (χ3n) is 4.81. The highest BCUT2D eigenvalue weighted by atomic mass is 35.5. The second-order valence-electron chi connectivity index (χ2n) is 6.62. The van der Waals surface area contributed by atoms with Crippen molar-refractivity contribution in [3.05, 3.63) is 70.3 Å². The predicted octanol–water partition coefficient (Wildman–Crippen LogP) is 3.81. The zero-order valence-electron chi connectivity index (χ0n) is 16.2. The van der Waals surface area contributed by atoms with Crippen molar-refractivity contribution in [2.24, 2.45) is 0 Å². The lowest BCUT2D eigenvalue weighted by atomic mass is 9.95. The highest BCUT2D eigenvalue weighted by molar-refractivity contribution is 6.46. The first-order valence-electron chi connectivity index (χ1n) is 9.15. The summed E-state index contributed by atoms with van der Waals surface area (Å²) in [4.78, 5) is 27.1. The summed E-state index contributed by atoms with van der Waals surface area (Å²) in [6.07, 6.45) is 0.560. The van der Waals surface area contributed by atoms with E-state index in [4.69, 9.17) is 21.1 Å². The molecule has 0 radical (unpaired) electrons. The van der Waals surface area contributed by atoms with Gasteiger partial charge in [0.2, 0.25) is 0 Å². The lowest BCUT2D eigenvalue weighted by Gasteiger charge is -2.25. The first kappa shape index (κ1) is 20.9. The zero-order chi connectivity index (χ0) is 21.0. The molecule has 1 saturated heterocycles. The van der Waals surface area contributed by atoms with Crippen LogP contribution in [0.1, 0.15) is 23.6 Å². The van der Waals surface area contributed by atoms with Gasteiger partial charge < -0.3 is 19.5 Å². The van der Waals surface area contributed by atoms with Crippen LogP contribution < -0.4 is 4.74 Å². The molecule has 1 N–H and O–H groups in total. The van der Waals surface area contributed by atoms with Crippen molar-refractivity contribution >= 4 is 29.1 Å². The van der Waals surface area contributed by atoms with E-state index in [0.717, 1.165) is 0 Å². The maximum Gasteiger partial charge on any atom is 0.295 e. The highest BCUT2D eigenvalue weighted by Crippen LogP contribution is 2.40. The van der Waals surface area contributed by atoms with Crippen molar-refractivity contribution in [1.29, 1.82) is 0 Å². The van der Waals surface area contributed by atoms with Gasteiger partial charge in [-0.2, -0.15) is 0 Å². The number of benzene rings is 2. The van der Waals surface area contributed by atoms with Crippen LogP contribution >= 0.6 is 11.6 Å². The Hall–Kier alpha value is -2.83. The van der Waals surface area contributed by atoms with Gasteiger partial charge in [-0.25, -0.2) is 0 Å². The van der Waals surface area contributed by atoms with Gasteiger partial charge in [0, 0.05) is 30.8 Å². The van der Waals surface area contributed by atoms with Crippen LogP contribution in [-0.2, 0) is 14.3 Å². The summed E-state index contributed by atoms with van der Waals surface area (Å²) in [7, 11) is 3.12. The lowest BCUT2D eigenvalue weighted by molar-refractivity contribution is -0.140. The second-order valence-corrected chi connectivity index (χ2v) is 7.06. The Morgan fingerprint density at radius 3 is 2.52 bits per heavy atom. The van der Waals surface area contributed by atoms with Crippen LogP contribution in [0.5, 0.6) is 5.75 Å². The number of carbonyl (C=O) groups is 2. The fraction of sp³-hybridized carbons (Fsp3) is 0.273. The Morgan fingerprint density at radius 1 is 1.14 bits per heavy atom. The maximum atomic E-state index is 12.9. The Labute approximate surface area is 174 Å². The number of ketones is 1. The van der Waals surface area contributed by atoms with E-state index in [1.165, 1.54) is 4.90 Å². The largest absolute Gasteiger partial charge is 0.507 e. The number of ether oxygens (including phenoxy) is 2. The van der Waals surface area contributed by atoms with Crippen LogP contribution in [-0.4, -0.2) is 49.1 Å². The number of hydrogen-bond donors (Lipinski definition) is 1. The van der Waals surface area contributed by atoms with Crippen molar-refractivity contribution in [3.8, 4) is 5.75 Å². The Morgan fingerprint density at radius 2 is 1.86 bits per heavy atom. The number of hydrogen-bond acceptors (Lipinski definition) is 5. The van der Waals surface area contributed by atoms with E-state index >= 15 is 0 Å². The molecule has 1 atom stereocenters. The van der Waals surface area contributed by atoms with E-state index < -0.39 is 17.7 Å². The van der Waals surface area contributed by atoms with Gasteiger partial charge in [0.25, 0.3) is 11.7 Å². The summed E-state index contributed by atoms with van der Waals surface area (Å²) >= 11 is 5.93. The molecule has 0 unspecified atom stereocenters. The van der Waals surface area contributed by atoms with Gasteiger partial charge in [-0.15, -0.1) is 0 Å². The molecule has 7 heteroatoms. The monoisotopic (exact) mass is 415 g/mol. The van der Waals surface area contributed by atoms with Crippen LogP contribution in [0.25, 0.3) is 5.76 Å². The van der Waals surface area contributed by atoms with E-state index in [2.05, 4.69) is 0 Å². The molecule has 1 aliphatic rings. The minimum atomic E-state index is -0.724. The molecule has 0 spiro atoms. The van der Waals surface area contributed by atoms with Crippen molar-refractivity contribution in [1.82, 2.24) is 4.90 Å². The Bertz CT molecular complexity index is 938. The molecule has 1 aliphatic heterocycles. The summed E-state index contributed by atoms with van der Waals surface area (Å²) in [5.41, 5.74) is 1.14. The molecule has 29 heavy (non-hydrogen) atoms. The number of nitrogens with zero attached hydrogens (tertiary/aromatic N) is 1. The molecular formula is C22H22ClNO5. The number of carbonyl (C=O) groups excluding carboxylic acids is 2. The zero-order valence-corrected chi connectivity index (χ0v) is 17.0. The van der Waals surface area contributed by atoms with Gasteiger partial charge in [0.05, 0.1) is 18.7 Å². The van der Waals surface area contributed by atoms with Gasteiger partial charge in [0.1, 0.15) is 11.5 Å². The average molecular weight is 416 g/mol. The summed E-state index contributed by atoms with van der Waals surface area (Å²) in [5.74, 6) is -1.01. The molecule has 2 aromatic carbocycles. The molecule has 3 rings (SSSR count). The van der Waals surface area contributed by atoms with Crippen molar-refractivity contribution in [2.75, 3.05) is 27.4 Å². The number of likely N-dealkylation sites (tertiary alicyclic amines) is 1. The van der Waals surface area contributed by atoms with E-state index in [-0.39, 0.29) is 11.3 Å². The Kier molecular flexibility index (Phi) is 6.56. The van der Waals surface area contributed by atoms with E-state index in [0.29, 0.717) is 41.5 Å². The normalized spacial score (nSPS) is 18.3. The smallest absolute Gasteiger partial charge is 0.295 e. The van der Waals surface area contributed by atoms with E-state index in [1.54, 1.807) is 62.8 Å². The van der Waals surface area contributed by atoms with Gasteiger partial charge in [-0.3, -0.25) is 9.59 Å². The third kappa shape index (κ3) is 4.28. The number of Topliss-reactive ketones (excluding diaryl/α,β-unsaturated/α-hetero) is 1. The average Bonchev–Trinajstić information content (AvgIpc) is 2.99. The molecule has 0 aromatic heterocycles. The third-order valence-corrected chi connectivity index (χ3v) is 5.07. The molecule has 1 amide bonds. The number of aliphatic hydroxyl groups is 1. The molecule has 6 nitrogen and oxygen atoms in total. The fourth-order valence-electron chi connectivity index (χ4n) is 3.41. The lowest BCUT2D eigenvalue weighted by Crippen LogP contribution is -2.31. The molecule has 1 heterocycles. The van der Waals surface area contributed by atoms with Crippen LogP contribution in [0.3, 0.4) is 0 Å². The van der Waals surface area contributed by atoms with Crippen LogP contribution in [0.2, 0.25) is 5.02 Å². The van der Waals surface area contributed by atoms with Crippen molar-refractivity contribution in [2.45, 2.75) is 12.5 Å². The van der Waals surface area contributed by atoms with Crippen LogP contribution in [0.4, 0.5) is 0 Å². The van der Waals surface area contributed by atoms with Gasteiger partial charge in [-0.1, -0.05) is 23.7 Å². The highest BCUT2D eigenvalue weighted by Gasteiger charge is 2.45. The molecule has 0 aliphatic carbocycles. The minimum Gasteiger partial charge on any atom is -0.507 e. The molecule has 152 valence electrons. The summed E-state index contributed by atoms with van der Waals surface area (Å²) in [6, 6.07) is 12.9. The number of rotatable bonds is 7. The Balaban J connectivity index is 2.12. The van der Waals surface area contributed by atoms with Crippen molar-refractivity contribution < 1.29 is 24.2 Å². The van der Waals surface area contributed by atoms with Crippen LogP contribution in [0, 0.1) is 0 Å². The fourth-order valence-corrected chi connectivity index (χ4v) is 3.54. The topological polar surface area (TPSA) is 76.1 Å². The number of amides is 1. The number of halogens is 1. The molecule has 1 fully saturated rings. The summed E-state index contributed by atoms with van der Waals surface area (Å²) in [5, 5.41) is 11.4. The second kappa shape index (κ2) is 9.11. The summed E-state index contributed by atoms with van der Waals surface area (Å²) < 4.78 is 10.4. The quantitative estimate of drug-likeness (QED) is 0.322. The van der Waals surface area contributed by atoms with E-state index in [9.17, 15) is 14.7 Å². The van der Waals surface area contributed by atoms with Crippen molar-refractivity contribution in [3.63, 3.8) is 0 Å². The van der Waals surface area contributed by atoms with E-state index in [1.807, 2.05) is 0 Å². The van der Waals surface area contributed by atoms with Gasteiger partial charge >= 0.3 is 0 Å². The van der Waals surface area contributed by atoms with Crippen LogP contribution in [0.15, 0.2) is 54.1 Å². The minimum absolute atomic E-state index is 0.0444. The molecule has 0 bridgehead atoms. The molecular weight excluding hydrogens is 394 g/mol. The molecule has 2 aromatic rings. The first-order chi connectivity index (χ1) is 14.0. The maximum absolute atomic E-state index is 12.9. The SMILES string of the molecule is COCCCN1C(=O)C(=O)C(=C(O)c2ccc(Cl)cc2)[C@@H]1c1cccc(OC)c1. The number of aliphatic hydroxyl groups excluding tert-OH is 1. The number of methoxy groups -OCH3 is 2. The van der Waals surface area contributed by atoms with Gasteiger partial charge in [0.15, 0.2) is 0 Å². The predicted molar refractivity (Wildman–Crippen MR) is 110 cm³/mol. The molecule has 0 saturated carbocycles. The standard InChI is InChI=1S/C22H22ClNO5/c1-28-12-4-11-24-19(15-5-3-6-17(13-15)29-2)18(21(26)22(24)27)20(25)14-7-9-16(23)10-8-14/h3,5-10,13,19,25H,4,11-12H2,1-2H3/t19-/m0/s1. The summed E-state index contributed by atoms with van der Waals surface area (Å²) in [6.45, 7) is 0.767.